The Morgan fingerprint density at radius 3 is 2.86 bits per heavy atom. The highest BCUT2D eigenvalue weighted by Crippen LogP contribution is 2.27. The number of aromatic nitrogens is 4. The van der Waals surface area contributed by atoms with Crippen molar-refractivity contribution in [3.63, 3.8) is 0 Å². The molecule has 0 unspecified atom stereocenters. The number of tetrazole rings is 1. The molecule has 8 heteroatoms. The fourth-order valence-corrected chi connectivity index (χ4v) is 1.30. The number of H-pyrrole nitrogens is 1. The van der Waals surface area contributed by atoms with Gasteiger partial charge in [-0.15, -0.1) is 10.2 Å². The molecule has 1 saturated heterocycles. The summed E-state index contributed by atoms with van der Waals surface area (Å²) in [6, 6.07) is 0. The number of hydrogen-bond donors (Lipinski definition) is 1. The van der Waals surface area contributed by atoms with Crippen LogP contribution in [0.3, 0.4) is 0 Å². The minimum atomic E-state index is -2.79. The summed E-state index contributed by atoms with van der Waals surface area (Å²) in [6.07, 6.45) is -0.309. The van der Waals surface area contributed by atoms with E-state index in [2.05, 4.69) is 20.6 Å². The Labute approximate surface area is 77.3 Å². The lowest BCUT2D eigenvalue weighted by Gasteiger charge is -2.12. The molecule has 0 aromatic carbocycles. The normalized spacial score (nSPS) is 20.0. The van der Waals surface area contributed by atoms with Gasteiger partial charge in [0.05, 0.1) is 6.54 Å². The van der Waals surface area contributed by atoms with Crippen LogP contribution in [0.2, 0.25) is 0 Å². The van der Waals surface area contributed by atoms with Gasteiger partial charge in [0.25, 0.3) is 17.7 Å². The second-order valence-corrected chi connectivity index (χ2v) is 3.07. The third kappa shape index (κ3) is 1.54. The maximum atomic E-state index is 12.7. The molecule has 0 saturated carbocycles. The smallest absolute Gasteiger partial charge is 0.295 e. The molecule has 0 atom stereocenters. The first-order chi connectivity index (χ1) is 6.58. The number of hydrogen-bond acceptors (Lipinski definition) is 4. The number of amides is 1. The summed E-state index contributed by atoms with van der Waals surface area (Å²) in [5.41, 5.74) is 0. The van der Waals surface area contributed by atoms with E-state index in [0.717, 1.165) is 4.90 Å². The van der Waals surface area contributed by atoms with Crippen LogP contribution in [0.15, 0.2) is 0 Å². The zero-order valence-electron chi connectivity index (χ0n) is 7.07. The standard InChI is InChI=1S/C6H7F2N5O/c7-6(8)1-2-13(3-6)5(14)4-9-11-12-10-4/h1-3H2,(H,9,10,11,12). The van der Waals surface area contributed by atoms with Crippen molar-refractivity contribution in [1.29, 1.82) is 0 Å². The van der Waals surface area contributed by atoms with E-state index in [0.29, 0.717) is 0 Å². The van der Waals surface area contributed by atoms with E-state index < -0.39 is 18.4 Å². The first-order valence-electron chi connectivity index (χ1n) is 3.99. The zero-order chi connectivity index (χ0) is 10.2. The fraction of sp³-hybridized carbons (Fsp3) is 0.667. The van der Waals surface area contributed by atoms with E-state index in [4.69, 9.17) is 0 Å². The Hall–Kier alpha value is -1.60. The summed E-state index contributed by atoms with van der Waals surface area (Å²) in [6.45, 7) is -0.541. The lowest BCUT2D eigenvalue weighted by Crippen LogP contribution is -2.32. The summed E-state index contributed by atoms with van der Waals surface area (Å²) < 4.78 is 25.5. The maximum absolute atomic E-state index is 12.7. The minimum Gasteiger partial charge on any atom is -0.330 e. The van der Waals surface area contributed by atoms with Gasteiger partial charge < -0.3 is 4.90 Å². The molecule has 1 amide bonds. The average Bonchev–Trinajstić information content (AvgIpc) is 2.72. The van der Waals surface area contributed by atoms with Crippen molar-refractivity contribution in [2.24, 2.45) is 0 Å². The molecule has 1 aromatic heterocycles. The Morgan fingerprint density at radius 1 is 1.57 bits per heavy atom. The number of alkyl halides is 2. The summed E-state index contributed by atoms with van der Waals surface area (Å²) in [7, 11) is 0. The predicted molar refractivity (Wildman–Crippen MR) is 39.6 cm³/mol. The maximum Gasteiger partial charge on any atom is 0.295 e. The van der Waals surface area contributed by atoms with Crippen molar-refractivity contribution in [3.8, 4) is 0 Å². The highest BCUT2D eigenvalue weighted by atomic mass is 19.3. The van der Waals surface area contributed by atoms with Crippen LogP contribution in [0, 0.1) is 0 Å². The Kier molecular flexibility index (Phi) is 1.90. The van der Waals surface area contributed by atoms with Crippen LogP contribution >= 0.6 is 0 Å². The van der Waals surface area contributed by atoms with E-state index in [-0.39, 0.29) is 18.8 Å². The summed E-state index contributed by atoms with van der Waals surface area (Å²) in [5.74, 6) is -3.59. The van der Waals surface area contributed by atoms with Crippen LogP contribution in [0.1, 0.15) is 17.0 Å². The minimum absolute atomic E-state index is 0.0281. The Morgan fingerprint density at radius 2 is 2.36 bits per heavy atom. The molecule has 1 N–H and O–H groups in total. The molecule has 0 radical (unpaired) electrons. The van der Waals surface area contributed by atoms with E-state index in [1.54, 1.807) is 0 Å². The van der Waals surface area contributed by atoms with Crippen molar-refractivity contribution in [2.75, 3.05) is 13.1 Å². The van der Waals surface area contributed by atoms with Gasteiger partial charge in [0.1, 0.15) is 0 Å². The van der Waals surface area contributed by atoms with Gasteiger partial charge in [-0.2, -0.15) is 5.21 Å². The van der Waals surface area contributed by atoms with Crippen molar-refractivity contribution in [2.45, 2.75) is 12.3 Å². The largest absolute Gasteiger partial charge is 0.330 e. The lowest BCUT2D eigenvalue weighted by molar-refractivity contribution is 0.0118. The quantitative estimate of drug-likeness (QED) is 0.678. The molecule has 0 spiro atoms. The highest BCUT2D eigenvalue weighted by Gasteiger charge is 2.41. The van der Waals surface area contributed by atoms with Gasteiger partial charge in [-0.25, -0.2) is 8.78 Å². The number of nitrogens with zero attached hydrogens (tertiary/aromatic N) is 4. The number of rotatable bonds is 1. The van der Waals surface area contributed by atoms with Crippen LogP contribution in [0.25, 0.3) is 0 Å². The molecule has 0 aliphatic carbocycles. The molecule has 2 heterocycles. The molecule has 1 fully saturated rings. The van der Waals surface area contributed by atoms with Gasteiger partial charge in [-0.3, -0.25) is 4.79 Å². The first-order valence-corrected chi connectivity index (χ1v) is 3.99. The molecule has 14 heavy (non-hydrogen) atoms. The highest BCUT2D eigenvalue weighted by molar-refractivity contribution is 5.90. The molecule has 0 bridgehead atoms. The molecule has 6 nitrogen and oxygen atoms in total. The summed E-state index contributed by atoms with van der Waals surface area (Å²) in [4.78, 5) is 12.4. The van der Waals surface area contributed by atoms with E-state index in [9.17, 15) is 13.6 Å². The average molecular weight is 203 g/mol. The molecule has 1 aliphatic heterocycles. The molecule has 1 aromatic rings. The monoisotopic (exact) mass is 203 g/mol. The number of aromatic amines is 1. The number of likely N-dealkylation sites (tertiary alicyclic amines) is 1. The van der Waals surface area contributed by atoms with Gasteiger partial charge in [-0.05, 0) is 5.21 Å². The van der Waals surface area contributed by atoms with Crippen LogP contribution in [0.4, 0.5) is 8.78 Å². The van der Waals surface area contributed by atoms with Gasteiger partial charge >= 0.3 is 0 Å². The second-order valence-electron chi connectivity index (χ2n) is 3.07. The van der Waals surface area contributed by atoms with Crippen molar-refractivity contribution in [1.82, 2.24) is 25.5 Å². The van der Waals surface area contributed by atoms with Crippen LogP contribution in [-0.2, 0) is 0 Å². The molecular formula is C6H7F2N5O. The molecule has 76 valence electrons. The van der Waals surface area contributed by atoms with E-state index >= 15 is 0 Å². The predicted octanol–water partition coefficient (Wildman–Crippen LogP) is -0.319. The third-order valence-corrected chi connectivity index (χ3v) is 1.99. The van der Waals surface area contributed by atoms with Gasteiger partial charge in [0.15, 0.2) is 0 Å². The van der Waals surface area contributed by atoms with Crippen LogP contribution in [0.5, 0.6) is 0 Å². The van der Waals surface area contributed by atoms with E-state index in [1.807, 2.05) is 0 Å². The van der Waals surface area contributed by atoms with Gasteiger partial charge in [-0.1, -0.05) is 0 Å². The van der Waals surface area contributed by atoms with Crippen molar-refractivity contribution in [3.05, 3.63) is 5.82 Å². The number of carbonyl (C=O) groups is 1. The summed E-state index contributed by atoms with van der Waals surface area (Å²) in [5, 5.41) is 12.1. The Bertz CT molecular complexity index is 338. The first kappa shape index (κ1) is 8.97. The zero-order valence-corrected chi connectivity index (χ0v) is 7.07. The van der Waals surface area contributed by atoms with Crippen molar-refractivity contribution >= 4 is 5.91 Å². The van der Waals surface area contributed by atoms with Crippen molar-refractivity contribution < 1.29 is 13.6 Å². The van der Waals surface area contributed by atoms with Gasteiger partial charge in [0.2, 0.25) is 0 Å². The van der Waals surface area contributed by atoms with Gasteiger partial charge in [0, 0.05) is 13.0 Å². The number of halogens is 2. The number of nitrogens with one attached hydrogen (secondary N) is 1. The lowest BCUT2D eigenvalue weighted by atomic mass is 10.3. The summed E-state index contributed by atoms with van der Waals surface area (Å²) >= 11 is 0. The van der Waals surface area contributed by atoms with Crippen LogP contribution in [-0.4, -0.2) is 50.4 Å². The topological polar surface area (TPSA) is 74.8 Å². The number of carbonyl (C=O) groups excluding carboxylic acids is 1. The molecule has 1 aliphatic rings. The molecular weight excluding hydrogens is 196 g/mol. The SMILES string of the molecule is O=C(c1nn[nH]n1)N1CCC(F)(F)C1. The Balaban J connectivity index is 2.08. The third-order valence-electron chi connectivity index (χ3n) is 1.99. The van der Waals surface area contributed by atoms with Crippen LogP contribution < -0.4 is 0 Å². The molecule has 2 rings (SSSR count). The second kappa shape index (κ2) is 2.96. The fourth-order valence-electron chi connectivity index (χ4n) is 1.30. The van der Waals surface area contributed by atoms with E-state index in [1.165, 1.54) is 0 Å².